The first kappa shape index (κ1) is 24.0. The minimum absolute atomic E-state index is 0. The van der Waals surface area contributed by atoms with Crippen molar-refractivity contribution in [3.8, 4) is 0 Å². The monoisotopic (exact) mass is 405 g/mol. The van der Waals surface area contributed by atoms with Crippen LogP contribution in [0.25, 0.3) is 0 Å². The van der Waals surface area contributed by atoms with Gasteiger partial charge in [-0.2, -0.15) is 0 Å². The predicted octanol–water partition coefficient (Wildman–Crippen LogP) is -0.825. The molecule has 0 saturated carbocycles. The van der Waals surface area contributed by atoms with Gasteiger partial charge in [0, 0.05) is 0 Å². The van der Waals surface area contributed by atoms with Crippen LogP contribution in [0.1, 0.15) is 53.4 Å². The third kappa shape index (κ3) is 5.78. The second kappa shape index (κ2) is 10.2. The number of hydrogen-bond donors (Lipinski definition) is 0. The Morgan fingerprint density at radius 1 is 1.21 bits per heavy atom. The van der Waals surface area contributed by atoms with E-state index >= 15 is 0 Å². The molecular weight excluding hydrogens is 379 g/mol. The minimum Gasteiger partial charge on any atom is -1.00 e. The molecule has 0 aromatic heterocycles. The number of hydrogen-bond acceptors (Lipinski definition) is 2. The summed E-state index contributed by atoms with van der Waals surface area (Å²) in [4.78, 5) is 0. The zero-order valence-electron chi connectivity index (χ0n) is 15.0. The fourth-order valence-corrected chi connectivity index (χ4v) is 3.24. The van der Waals surface area contributed by atoms with Crippen molar-refractivity contribution < 1.29 is 54.7 Å². The van der Waals surface area contributed by atoms with Crippen LogP contribution in [-0.2, 0) is 29.9 Å². The molecule has 0 N–H and O–H groups in total. The van der Waals surface area contributed by atoms with Crippen molar-refractivity contribution in [2.75, 3.05) is 6.61 Å². The van der Waals surface area contributed by atoms with E-state index in [1.807, 2.05) is 0 Å². The van der Waals surface area contributed by atoms with Crippen molar-refractivity contribution in [3.05, 3.63) is 45.6 Å². The van der Waals surface area contributed by atoms with Crippen molar-refractivity contribution in [2.45, 2.75) is 59.2 Å². The van der Waals surface area contributed by atoms with Crippen molar-refractivity contribution >= 4 is 0 Å². The van der Waals surface area contributed by atoms with Gasteiger partial charge in [-0.3, -0.25) is 0 Å². The van der Waals surface area contributed by atoms with E-state index in [2.05, 4.69) is 78.5 Å². The van der Waals surface area contributed by atoms with E-state index in [9.17, 15) is 0 Å². The number of ether oxygens (including phenoxy) is 2. The van der Waals surface area contributed by atoms with Gasteiger partial charge in [-0.15, -0.1) is 0 Å². The molecule has 24 heavy (non-hydrogen) atoms. The summed E-state index contributed by atoms with van der Waals surface area (Å²) in [6, 6.07) is 0. The van der Waals surface area contributed by atoms with Gasteiger partial charge in [0.05, 0.1) is 0 Å². The molecule has 133 valence electrons. The van der Waals surface area contributed by atoms with E-state index < -0.39 is 5.79 Å². The first-order valence-corrected chi connectivity index (χ1v) is 8.99. The summed E-state index contributed by atoms with van der Waals surface area (Å²) in [5, 5.41) is 0. The van der Waals surface area contributed by atoms with Crippen LogP contribution in [0, 0.1) is 5.41 Å². The van der Waals surface area contributed by atoms with Crippen LogP contribution < -0.4 is 24.8 Å². The van der Waals surface area contributed by atoms with E-state index in [1.165, 1.54) is 9.45 Å². The van der Waals surface area contributed by atoms with Gasteiger partial charge in [0.1, 0.15) is 0 Å². The van der Waals surface area contributed by atoms with Crippen molar-refractivity contribution in [1.29, 1.82) is 0 Å². The fourth-order valence-electron chi connectivity index (χ4n) is 2.85. The van der Waals surface area contributed by atoms with Gasteiger partial charge in [-0.05, 0) is 0 Å². The zero-order chi connectivity index (χ0) is 16.2. The van der Waals surface area contributed by atoms with Gasteiger partial charge in [0.25, 0.3) is 0 Å². The van der Waals surface area contributed by atoms with Gasteiger partial charge in [0.15, 0.2) is 0 Å². The predicted molar refractivity (Wildman–Crippen MR) is 86.8 cm³/mol. The zero-order valence-corrected chi connectivity index (χ0v) is 18.1. The van der Waals surface area contributed by atoms with Crippen molar-refractivity contribution in [2.24, 2.45) is 5.41 Å². The Labute approximate surface area is 171 Å². The molecule has 0 aromatic carbocycles. The number of halogens is 2. The van der Waals surface area contributed by atoms with Crippen LogP contribution in [0.2, 0.25) is 0 Å². The maximum atomic E-state index is 6.49. The molecular formula is C19H27Cl2O2Ti. The number of unbranched alkanes of at least 4 members (excludes halogenated alkanes) is 1. The maximum Gasteiger partial charge on any atom is -1.00 e. The molecule has 0 amide bonds. The molecule has 0 saturated heterocycles. The molecule has 2 aliphatic rings. The van der Waals surface area contributed by atoms with E-state index in [0.29, 0.717) is 0 Å². The number of rotatable bonds is 6. The Kier molecular flexibility index (Phi) is 10.2. The molecule has 0 spiro atoms. The topological polar surface area (TPSA) is 18.5 Å². The van der Waals surface area contributed by atoms with Gasteiger partial charge in [0.2, 0.25) is 0 Å². The Bertz CT molecular complexity index is 530. The summed E-state index contributed by atoms with van der Waals surface area (Å²) in [6.45, 7) is 9.60. The molecule has 0 fully saturated rings. The first-order chi connectivity index (χ1) is 10.4. The molecule has 0 bridgehead atoms. The summed E-state index contributed by atoms with van der Waals surface area (Å²) in [7, 11) is 0. The Morgan fingerprint density at radius 3 is 2.46 bits per heavy atom. The standard InChI is InChI=1S/C19H27O2.2ClH.Ti/c1-5-6-15-20-19(21-16-11-7-8-12-16)14-10-9-13-17(19)18(2,3)4;;;/h7,9-11,13H,5-6,8,14-15H2,1-4H3;2*1H;/q;;;+2/p-2. The molecule has 0 aliphatic heterocycles. The van der Waals surface area contributed by atoms with Gasteiger partial charge >= 0.3 is 147 Å². The first-order valence-electron chi connectivity index (χ1n) is 8.21. The summed E-state index contributed by atoms with van der Waals surface area (Å²) in [5.41, 5.74) is 1.23. The molecule has 1 atom stereocenters. The summed E-state index contributed by atoms with van der Waals surface area (Å²) in [5.74, 6) is 0.315. The van der Waals surface area contributed by atoms with Gasteiger partial charge in [-0.1, -0.05) is 0 Å². The third-order valence-electron chi connectivity index (χ3n) is 4.00. The van der Waals surface area contributed by atoms with Crippen LogP contribution in [0.15, 0.2) is 45.6 Å². The second-order valence-corrected chi connectivity index (χ2v) is 7.91. The van der Waals surface area contributed by atoms with Crippen LogP contribution in [0.5, 0.6) is 0 Å². The summed E-state index contributed by atoms with van der Waals surface area (Å²) < 4.78 is 14.1. The Balaban J connectivity index is 0.00000264. The molecule has 2 aliphatic carbocycles. The third-order valence-corrected chi connectivity index (χ3v) is 4.70. The molecule has 2 nitrogen and oxygen atoms in total. The molecule has 0 heterocycles. The maximum absolute atomic E-state index is 6.49. The summed E-state index contributed by atoms with van der Waals surface area (Å²) in [6.07, 6.45) is 14.6. The number of allylic oxidation sites excluding steroid dienone is 5. The largest absolute Gasteiger partial charge is 1.00 e. The van der Waals surface area contributed by atoms with Crippen molar-refractivity contribution in [3.63, 3.8) is 0 Å². The Morgan fingerprint density at radius 2 is 1.92 bits per heavy atom. The Hall–Kier alpha value is 0.0143. The second-order valence-electron chi connectivity index (χ2n) is 6.97. The molecule has 1 unspecified atom stereocenters. The average Bonchev–Trinajstić information content (AvgIpc) is 2.84. The van der Waals surface area contributed by atoms with Crippen LogP contribution in [0.4, 0.5) is 0 Å². The van der Waals surface area contributed by atoms with Gasteiger partial charge in [-0.25, -0.2) is 0 Å². The molecule has 0 aromatic rings. The average molecular weight is 406 g/mol. The summed E-state index contributed by atoms with van der Waals surface area (Å²) >= 11 is 2.13. The molecule has 2 rings (SSSR count). The van der Waals surface area contributed by atoms with Crippen LogP contribution in [0.3, 0.4) is 0 Å². The fraction of sp³-hybridized carbons (Fsp3) is 0.579. The normalized spacial score (nSPS) is 22.8. The molecule has 0 radical (unpaired) electrons. The smallest absolute Gasteiger partial charge is 1.00 e. The van der Waals surface area contributed by atoms with E-state index in [1.54, 1.807) is 0 Å². The van der Waals surface area contributed by atoms with E-state index in [-0.39, 0.29) is 30.2 Å². The van der Waals surface area contributed by atoms with E-state index in [4.69, 9.17) is 9.47 Å². The molecule has 5 heteroatoms. The van der Waals surface area contributed by atoms with Crippen molar-refractivity contribution in [1.82, 2.24) is 0 Å². The van der Waals surface area contributed by atoms with E-state index in [0.717, 1.165) is 38.0 Å². The van der Waals surface area contributed by atoms with Crippen LogP contribution >= 0.6 is 0 Å². The minimum atomic E-state index is -0.659. The quantitative estimate of drug-likeness (QED) is 0.326. The van der Waals surface area contributed by atoms with Crippen LogP contribution in [-0.4, -0.2) is 12.4 Å². The van der Waals surface area contributed by atoms with Gasteiger partial charge < -0.3 is 24.8 Å². The SMILES string of the molecule is CCCCOC1(OC2=[C]([Ti+2])CC=C2)CC=CC=C1C(C)(C)C.[Cl-].[Cl-].